The van der Waals surface area contributed by atoms with Crippen LogP contribution in [0.5, 0.6) is 0 Å². The van der Waals surface area contributed by atoms with Crippen LogP contribution in [0.3, 0.4) is 0 Å². The van der Waals surface area contributed by atoms with Gasteiger partial charge in [0.05, 0.1) is 0 Å². The zero-order valence-electron chi connectivity index (χ0n) is 23.7. The first-order chi connectivity index (χ1) is 21.2. The van der Waals surface area contributed by atoms with E-state index in [4.69, 9.17) is 21.4 Å². The summed E-state index contributed by atoms with van der Waals surface area (Å²) in [6, 6.07) is 43.8. The molecule has 0 atom stereocenters. The summed E-state index contributed by atoms with van der Waals surface area (Å²) in [4.78, 5) is 15.1. The van der Waals surface area contributed by atoms with E-state index in [0.717, 1.165) is 44.2 Å². The monoisotopic (exact) mass is 549 g/mol. The standard InChI is InChI=1S/C40H27N3/c1-3-12-32-27(4-2)15-9-21-36(32)39-41-38(42-40(43-39)37-22-11-17-29-14-6-8-19-35(29)37)31-25-23-30(24-26-31)34-20-10-16-28-13-5-7-18-33(28)34/h2-3,5-26H,1H3/b12-3-. The van der Waals surface area contributed by atoms with Crippen molar-refractivity contribution in [2.75, 3.05) is 0 Å². The number of hydrogen-bond donors (Lipinski definition) is 0. The van der Waals surface area contributed by atoms with E-state index in [1.54, 1.807) is 0 Å². The Labute approximate surface area is 251 Å². The van der Waals surface area contributed by atoms with Gasteiger partial charge in [0.25, 0.3) is 0 Å². The van der Waals surface area contributed by atoms with E-state index in [9.17, 15) is 0 Å². The third kappa shape index (κ3) is 4.86. The Balaban J connectivity index is 1.42. The molecule has 6 aromatic carbocycles. The summed E-state index contributed by atoms with van der Waals surface area (Å²) in [5.41, 5.74) is 6.78. The Kier molecular flexibility index (Phi) is 6.79. The first kappa shape index (κ1) is 26.1. The van der Waals surface area contributed by atoms with Crippen LogP contribution >= 0.6 is 0 Å². The van der Waals surface area contributed by atoms with Crippen LogP contribution in [-0.4, -0.2) is 15.0 Å². The molecule has 0 saturated carbocycles. The van der Waals surface area contributed by atoms with E-state index >= 15 is 0 Å². The highest BCUT2D eigenvalue weighted by atomic mass is 15.0. The highest BCUT2D eigenvalue weighted by Crippen LogP contribution is 2.33. The van der Waals surface area contributed by atoms with E-state index in [2.05, 4.69) is 96.9 Å². The van der Waals surface area contributed by atoms with Crippen LogP contribution in [0.15, 0.2) is 133 Å². The molecular weight excluding hydrogens is 522 g/mol. The molecule has 0 spiro atoms. The van der Waals surface area contributed by atoms with Crippen LogP contribution in [0.25, 0.3) is 72.9 Å². The number of terminal acetylenes is 1. The molecule has 0 aliphatic heterocycles. The fourth-order valence-electron chi connectivity index (χ4n) is 5.67. The van der Waals surface area contributed by atoms with Crippen LogP contribution in [-0.2, 0) is 0 Å². The molecule has 0 aliphatic rings. The van der Waals surface area contributed by atoms with E-state index in [-0.39, 0.29) is 0 Å². The van der Waals surface area contributed by atoms with Gasteiger partial charge in [-0.3, -0.25) is 0 Å². The van der Waals surface area contributed by atoms with Gasteiger partial charge >= 0.3 is 0 Å². The molecule has 202 valence electrons. The summed E-state index contributed by atoms with van der Waals surface area (Å²) in [6.07, 6.45) is 9.90. The Morgan fingerprint density at radius 2 is 1.02 bits per heavy atom. The quantitative estimate of drug-likeness (QED) is 0.201. The normalized spacial score (nSPS) is 11.3. The molecule has 3 nitrogen and oxygen atoms in total. The highest BCUT2D eigenvalue weighted by molar-refractivity contribution is 5.97. The third-order valence-corrected chi connectivity index (χ3v) is 7.75. The maximum Gasteiger partial charge on any atom is 0.164 e. The minimum absolute atomic E-state index is 0.580. The molecule has 7 rings (SSSR count). The largest absolute Gasteiger partial charge is 0.208 e. The second-order valence-corrected chi connectivity index (χ2v) is 10.3. The second kappa shape index (κ2) is 11.2. The number of fused-ring (bicyclic) bond motifs is 2. The number of allylic oxidation sites excluding steroid dienone is 1. The van der Waals surface area contributed by atoms with Crippen LogP contribution < -0.4 is 0 Å². The van der Waals surface area contributed by atoms with Crippen molar-refractivity contribution in [1.29, 1.82) is 0 Å². The van der Waals surface area contributed by atoms with Gasteiger partial charge in [0.1, 0.15) is 0 Å². The van der Waals surface area contributed by atoms with Gasteiger partial charge in [-0.25, -0.2) is 15.0 Å². The first-order valence-electron chi connectivity index (χ1n) is 14.3. The number of hydrogen-bond acceptors (Lipinski definition) is 3. The summed E-state index contributed by atoms with van der Waals surface area (Å²) >= 11 is 0. The molecule has 0 saturated heterocycles. The maximum absolute atomic E-state index is 5.89. The second-order valence-electron chi connectivity index (χ2n) is 10.3. The van der Waals surface area contributed by atoms with E-state index in [1.807, 2.05) is 55.5 Å². The van der Waals surface area contributed by atoms with Gasteiger partial charge in [-0.05, 0) is 45.7 Å². The van der Waals surface area contributed by atoms with Gasteiger partial charge in [-0.15, -0.1) is 6.42 Å². The number of rotatable bonds is 5. The van der Waals surface area contributed by atoms with E-state index < -0.39 is 0 Å². The van der Waals surface area contributed by atoms with Gasteiger partial charge in [0, 0.05) is 27.8 Å². The minimum atomic E-state index is 0.580. The SMILES string of the molecule is C#Cc1cccc(-c2nc(-c3ccc(-c4cccc5ccccc45)cc3)nc(-c3cccc4ccccc34)n2)c1/C=C\C. The van der Waals surface area contributed by atoms with Crippen molar-refractivity contribution in [2.45, 2.75) is 6.92 Å². The van der Waals surface area contributed by atoms with Gasteiger partial charge in [-0.1, -0.05) is 139 Å². The van der Waals surface area contributed by atoms with Crippen molar-refractivity contribution in [1.82, 2.24) is 15.0 Å². The maximum atomic E-state index is 5.89. The lowest BCUT2D eigenvalue weighted by Crippen LogP contribution is -2.02. The molecule has 0 amide bonds. The lowest BCUT2D eigenvalue weighted by Gasteiger charge is -2.13. The first-order valence-corrected chi connectivity index (χ1v) is 14.3. The summed E-state index contributed by atoms with van der Waals surface area (Å²) in [7, 11) is 0. The lowest BCUT2D eigenvalue weighted by atomic mass is 9.97. The number of benzene rings is 6. The molecule has 3 heteroatoms. The zero-order chi connectivity index (χ0) is 29.2. The van der Waals surface area contributed by atoms with Gasteiger partial charge < -0.3 is 0 Å². The van der Waals surface area contributed by atoms with Gasteiger partial charge in [-0.2, -0.15) is 0 Å². The third-order valence-electron chi connectivity index (χ3n) is 7.75. The molecule has 0 N–H and O–H groups in total. The van der Waals surface area contributed by atoms with Crippen LogP contribution in [0.2, 0.25) is 0 Å². The van der Waals surface area contributed by atoms with Gasteiger partial charge in [0.2, 0.25) is 0 Å². The van der Waals surface area contributed by atoms with Crippen molar-refractivity contribution in [3.63, 3.8) is 0 Å². The Bertz CT molecular complexity index is 2190. The minimum Gasteiger partial charge on any atom is -0.208 e. The number of nitrogens with zero attached hydrogens (tertiary/aromatic N) is 3. The average Bonchev–Trinajstić information content (AvgIpc) is 3.08. The molecule has 0 fully saturated rings. The van der Waals surface area contributed by atoms with Crippen molar-refractivity contribution in [3.05, 3.63) is 145 Å². The summed E-state index contributed by atoms with van der Waals surface area (Å²) in [5, 5.41) is 4.66. The lowest BCUT2D eigenvalue weighted by molar-refractivity contribution is 1.07. The highest BCUT2D eigenvalue weighted by Gasteiger charge is 2.17. The fourth-order valence-corrected chi connectivity index (χ4v) is 5.67. The van der Waals surface area contributed by atoms with E-state index in [1.165, 1.54) is 16.3 Å². The average molecular weight is 550 g/mol. The molecule has 0 radical (unpaired) electrons. The van der Waals surface area contributed by atoms with Crippen molar-refractivity contribution >= 4 is 27.6 Å². The van der Waals surface area contributed by atoms with Crippen molar-refractivity contribution in [2.24, 2.45) is 0 Å². The smallest absolute Gasteiger partial charge is 0.164 e. The Hall–Kier alpha value is -5.85. The van der Waals surface area contributed by atoms with Crippen LogP contribution in [0.1, 0.15) is 18.1 Å². The Morgan fingerprint density at radius 3 is 1.70 bits per heavy atom. The molecule has 43 heavy (non-hydrogen) atoms. The van der Waals surface area contributed by atoms with Crippen molar-refractivity contribution < 1.29 is 0 Å². The predicted octanol–water partition coefficient (Wildman–Crippen LogP) is 9.86. The molecule has 0 aliphatic carbocycles. The van der Waals surface area contributed by atoms with Gasteiger partial charge in [0.15, 0.2) is 17.5 Å². The molecule has 0 bridgehead atoms. The van der Waals surface area contributed by atoms with Crippen molar-refractivity contribution in [3.8, 4) is 57.6 Å². The molecule has 0 unspecified atom stereocenters. The fraction of sp³-hybridized carbons (Fsp3) is 0.0250. The topological polar surface area (TPSA) is 38.7 Å². The predicted molar refractivity (Wildman–Crippen MR) is 179 cm³/mol. The van der Waals surface area contributed by atoms with Crippen LogP contribution in [0.4, 0.5) is 0 Å². The molecule has 1 heterocycles. The number of aromatic nitrogens is 3. The zero-order valence-corrected chi connectivity index (χ0v) is 23.7. The summed E-state index contributed by atoms with van der Waals surface area (Å²) in [6.45, 7) is 1.98. The van der Waals surface area contributed by atoms with E-state index in [0.29, 0.717) is 17.5 Å². The summed E-state index contributed by atoms with van der Waals surface area (Å²) in [5.74, 6) is 4.62. The molecule has 7 aromatic rings. The Morgan fingerprint density at radius 1 is 0.512 bits per heavy atom. The molecular formula is C40H27N3. The van der Waals surface area contributed by atoms with Crippen LogP contribution in [0, 0.1) is 12.3 Å². The molecule has 1 aromatic heterocycles. The summed E-state index contributed by atoms with van der Waals surface area (Å²) < 4.78 is 0.